The number of benzene rings is 2. The summed E-state index contributed by atoms with van der Waals surface area (Å²) >= 11 is 1.43. The molecule has 3 aromatic rings. The van der Waals surface area contributed by atoms with E-state index in [1.54, 1.807) is 4.90 Å². The highest BCUT2D eigenvalue weighted by atomic mass is 32.1. The number of nitrogens with zero attached hydrogens (tertiary/aromatic N) is 2. The fourth-order valence-electron chi connectivity index (χ4n) is 6.08. The first-order valence-corrected chi connectivity index (χ1v) is 15.6. The Balaban J connectivity index is 1.26. The number of carboxylic acid groups (broad SMARTS) is 1. The van der Waals surface area contributed by atoms with Gasteiger partial charge in [-0.2, -0.15) is 0 Å². The quantitative estimate of drug-likeness (QED) is 0.368. The summed E-state index contributed by atoms with van der Waals surface area (Å²) in [5, 5.41) is 16.8. The molecule has 1 saturated carbocycles. The molecular weight excluding hydrogens is 552 g/mol. The average Bonchev–Trinajstić information content (AvgIpc) is 3.31. The number of ether oxygens (including phenoxy) is 1. The highest BCUT2D eigenvalue weighted by Gasteiger charge is 2.61. The monoisotopic (exact) mass is 588 g/mol. The summed E-state index contributed by atoms with van der Waals surface area (Å²) in [5.41, 5.74) is 0.571. The molecule has 10 heteroatoms. The van der Waals surface area contributed by atoms with E-state index in [0.29, 0.717) is 24.6 Å². The number of para-hydroxylation sites is 1. The van der Waals surface area contributed by atoms with Crippen molar-refractivity contribution in [1.82, 2.24) is 20.5 Å². The molecule has 0 spiro atoms. The van der Waals surface area contributed by atoms with E-state index in [9.17, 15) is 19.5 Å². The molecule has 3 heterocycles. The van der Waals surface area contributed by atoms with E-state index in [4.69, 9.17) is 4.74 Å². The Kier molecular flexibility index (Phi) is 8.26. The molecule has 3 N–H and O–H groups in total. The first-order valence-electron chi connectivity index (χ1n) is 14.7. The highest BCUT2D eigenvalue weighted by Crippen LogP contribution is 2.45. The summed E-state index contributed by atoms with van der Waals surface area (Å²) < 4.78 is 7.25. The van der Waals surface area contributed by atoms with Crippen LogP contribution in [0.5, 0.6) is 5.19 Å². The molecule has 0 unspecified atom stereocenters. The van der Waals surface area contributed by atoms with Gasteiger partial charge in [0.2, 0.25) is 11.8 Å². The predicted molar refractivity (Wildman–Crippen MR) is 160 cm³/mol. The van der Waals surface area contributed by atoms with Crippen LogP contribution in [-0.2, 0) is 20.9 Å². The summed E-state index contributed by atoms with van der Waals surface area (Å²) in [6, 6.07) is 16.4. The number of hydrogen-bond acceptors (Lipinski definition) is 7. The normalized spacial score (nSPS) is 28.3. The number of amides is 2. The van der Waals surface area contributed by atoms with Crippen molar-refractivity contribution in [2.75, 3.05) is 6.54 Å². The maximum Gasteiger partial charge on any atom is 0.330 e. The van der Waals surface area contributed by atoms with Gasteiger partial charge in [-0.3, -0.25) is 9.59 Å². The van der Waals surface area contributed by atoms with Crippen molar-refractivity contribution in [3.05, 3.63) is 72.3 Å². The summed E-state index contributed by atoms with van der Waals surface area (Å²) in [4.78, 5) is 46.4. The van der Waals surface area contributed by atoms with E-state index in [2.05, 4.69) is 15.6 Å². The number of aromatic nitrogens is 1. The SMILES string of the molecule is O=C1N[C@]2(C(=O)O)C[C@H]2C=CCCCCC[C@H](NCc2ccccc2)C(=O)N2C[C@H](Oc3nc4ccccc4s3)C[C@@H]12. The summed E-state index contributed by atoms with van der Waals surface area (Å²) in [6.07, 6.45) is 8.38. The molecule has 2 aromatic carbocycles. The number of thiazole rings is 1. The van der Waals surface area contributed by atoms with Gasteiger partial charge in [0.15, 0.2) is 0 Å². The zero-order chi connectivity index (χ0) is 29.1. The second-order valence-electron chi connectivity index (χ2n) is 11.5. The Labute approximate surface area is 249 Å². The lowest BCUT2D eigenvalue weighted by Gasteiger charge is -2.29. The van der Waals surface area contributed by atoms with Gasteiger partial charge in [-0.15, -0.1) is 0 Å². The van der Waals surface area contributed by atoms with Crippen LogP contribution in [0.1, 0.15) is 50.5 Å². The van der Waals surface area contributed by atoms with Crippen LogP contribution in [-0.4, -0.2) is 63.0 Å². The van der Waals surface area contributed by atoms with Gasteiger partial charge in [0.05, 0.1) is 22.8 Å². The van der Waals surface area contributed by atoms with Crippen LogP contribution in [0, 0.1) is 5.92 Å². The fourth-order valence-corrected chi connectivity index (χ4v) is 6.96. The van der Waals surface area contributed by atoms with E-state index in [-0.39, 0.29) is 24.8 Å². The van der Waals surface area contributed by atoms with Crippen LogP contribution < -0.4 is 15.4 Å². The molecule has 2 aliphatic heterocycles. The van der Waals surface area contributed by atoms with Crippen LogP contribution in [0.25, 0.3) is 10.2 Å². The van der Waals surface area contributed by atoms with Gasteiger partial charge < -0.3 is 25.4 Å². The Morgan fingerprint density at radius 2 is 1.93 bits per heavy atom. The number of rotatable bonds is 6. The highest BCUT2D eigenvalue weighted by molar-refractivity contribution is 7.20. The minimum atomic E-state index is -1.33. The van der Waals surface area contributed by atoms with Gasteiger partial charge in [0.25, 0.3) is 5.19 Å². The minimum Gasteiger partial charge on any atom is -0.479 e. The van der Waals surface area contributed by atoms with Crippen molar-refractivity contribution in [2.45, 2.75) is 75.2 Å². The molecule has 0 radical (unpaired) electrons. The Morgan fingerprint density at radius 1 is 1.12 bits per heavy atom. The van der Waals surface area contributed by atoms with Crippen molar-refractivity contribution in [3.63, 3.8) is 0 Å². The number of carboxylic acids is 1. The van der Waals surface area contributed by atoms with Gasteiger partial charge in [0.1, 0.15) is 17.7 Å². The van der Waals surface area contributed by atoms with Gasteiger partial charge >= 0.3 is 5.97 Å². The van der Waals surface area contributed by atoms with Crippen LogP contribution >= 0.6 is 11.3 Å². The van der Waals surface area contributed by atoms with Crippen molar-refractivity contribution < 1.29 is 24.2 Å². The fraction of sp³-hybridized carbons (Fsp3) is 0.438. The van der Waals surface area contributed by atoms with Gasteiger partial charge in [0, 0.05) is 18.9 Å². The third kappa shape index (κ3) is 6.05. The van der Waals surface area contributed by atoms with Crippen molar-refractivity contribution in [2.24, 2.45) is 5.92 Å². The predicted octanol–water partition coefficient (Wildman–Crippen LogP) is 4.28. The number of nitrogens with one attached hydrogen (secondary N) is 2. The largest absolute Gasteiger partial charge is 0.479 e. The molecule has 1 saturated heterocycles. The maximum absolute atomic E-state index is 14.2. The summed E-state index contributed by atoms with van der Waals surface area (Å²) in [5.74, 6) is -1.92. The maximum atomic E-state index is 14.2. The molecule has 3 aliphatic rings. The lowest BCUT2D eigenvalue weighted by atomic mass is 10.0. The zero-order valence-corrected chi connectivity index (χ0v) is 24.2. The number of carbonyl (C=O) groups excluding carboxylic acids is 2. The van der Waals surface area contributed by atoms with Crippen LogP contribution in [0.15, 0.2) is 66.7 Å². The van der Waals surface area contributed by atoms with Crippen molar-refractivity contribution in [3.8, 4) is 5.19 Å². The second-order valence-corrected chi connectivity index (χ2v) is 12.5. The topological polar surface area (TPSA) is 121 Å². The zero-order valence-electron chi connectivity index (χ0n) is 23.4. The molecule has 2 amide bonds. The molecule has 2 fully saturated rings. The molecule has 220 valence electrons. The van der Waals surface area contributed by atoms with Gasteiger partial charge in [-0.05, 0) is 43.4 Å². The molecule has 5 atom stereocenters. The summed E-state index contributed by atoms with van der Waals surface area (Å²) in [6.45, 7) is 0.750. The van der Waals surface area contributed by atoms with E-state index in [1.807, 2.05) is 66.7 Å². The van der Waals surface area contributed by atoms with Gasteiger partial charge in [-0.1, -0.05) is 78.8 Å². The smallest absolute Gasteiger partial charge is 0.330 e. The first-order chi connectivity index (χ1) is 20.4. The van der Waals surface area contributed by atoms with Crippen molar-refractivity contribution in [1.29, 1.82) is 0 Å². The van der Waals surface area contributed by atoms with E-state index in [1.165, 1.54) is 11.3 Å². The number of carbonyl (C=O) groups is 3. The molecular formula is C32H36N4O5S. The number of hydrogen-bond donors (Lipinski definition) is 3. The minimum absolute atomic E-state index is 0.161. The van der Waals surface area contributed by atoms with Crippen LogP contribution in [0.3, 0.4) is 0 Å². The number of allylic oxidation sites excluding steroid dienone is 1. The molecule has 6 rings (SSSR count). The van der Waals surface area contributed by atoms with Crippen molar-refractivity contribution >= 4 is 39.3 Å². The summed E-state index contributed by atoms with van der Waals surface area (Å²) in [7, 11) is 0. The average molecular weight is 589 g/mol. The third-order valence-electron chi connectivity index (χ3n) is 8.56. The molecule has 0 bridgehead atoms. The van der Waals surface area contributed by atoms with Gasteiger partial charge in [-0.25, -0.2) is 9.78 Å². The molecule has 42 heavy (non-hydrogen) atoms. The molecule has 1 aliphatic carbocycles. The van der Waals surface area contributed by atoms with E-state index < -0.39 is 35.6 Å². The van der Waals surface area contributed by atoms with E-state index in [0.717, 1.165) is 41.5 Å². The van der Waals surface area contributed by atoms with Crippen LogP contribution in [0.2, 0.25) is 0 Å². The third-order valence-corrected chi connectivity index (χ3v) is 9.49. The Hall–Kier alpha value is -3.76. The standard InChI is InChI=1S/C32H36N4O5S/c37-28-26-17-23(41-31-34-24-14-9-10-16-27(24)42-31)20-36(26)29(38)25(33-19-21-11-5-4-6-12-21)15-8-3-1-2-7-13-22-18-32(22,35-28)30(39)40/h4-7,9-14,16,22-23,25-26,33H,1-3,8,15,17-20H2,(H,35,37)(H,39,40)/t22-,23-,25+,26+,32-/m1/s1. The second kappa shape index (κ2) is 12.2. The Morgan fingerprint density at radius 3 is 2.74 bits per heavy atom. The number of fused-ring (bicyclic) bond motifs is 3. The lowest BCUT2D eigenvalue weighted by molar-refractivity contribution is -0.145. The Bertz CT molecular complexity index is 1440. The van der Waals surface area contributed by atoms with E-state index >= 15 is 0 Å². The molecule has 1 aromatic heterocycles. The van der Waals surface area contributed by atoms with Crippen LogP contribution in [0.4, 0.5) is 0 Å². The number of aliphatic carboxylic acids is 1. The molecule has 9 nitrogen and oxygen atoms in total. The first kappa shape index (κ1) is 28.4. The lowest BCUT2D eigenvalue weighted by Crippen LogP contribution is -2.55.